The van der Waals surface area contributed by atoms with Crippen LogP contribution in [0.1, 0.15) is 25.6 Å². The van der Waals surface area contributed by atoms with Gasteiger partial charge in [-0.1, -0.05) is 18.3 Å². The highest BCUT2D eigenvalue weighted by Gasteiger charge is 2.06. The van der Waals surface area contributed by atoms with Crippen molar-refractivity contribution in [3.8, 4) is 0 Å². The number of aryl methyl sites for hydroxylation is 1. The molecule has 5 nitrogen and oxygen atoms in total. The van der Waals surface area contributed by atoms with E-state index in [-0.39, 0.29) is 5.82 Å². The van der Waals surface area contributed by atoms with Crippen molar-refractivity contribution in [2.24, 2.45) is 0 Å². The summed E-state index contributed by atoms with van der Waals surface area (Å²) in [5.41, 5.74) is 5.50. The van der Waals surface area contributed by atoms with Crippen LogP contribution in [-0.2, 0) is 0 Å². The van der Waals surface area contributed by atoms with Crippen molar-refractivity contribution in [2.45, 2.75) is 26.7 Å². The van der Waals surface area contributed by atoms with Crippen molar-refractivity contribution in [1.82, 2.24) is 4.98 Å². The van der Waals surface area contributed by atoms with Crippen LogP contribution in [0.2, 0.25) is 0 Å². The topological polar surface area (TPSA) is 77.9 Å². The second kappa shape index (κ2) is 4.64. The molecule has 0 aliphatic heterocycles. The summed E-state index contributed by atoms with van der Waals surface area (Å²) in [5, 5.41) is 14.3. The first kappa shape index (κ1) is 10.6. The van der Waals surface area contributed by atoms with E-state index in [0.29, 0.717) is 16.4 Å². The number of unbranched alkanes of at least 4 members (excludes halogenated alkanes) is 1. The van der Waals surface area contributed by atoms with E-state index in [2.05, 4.69) is 17.2 Å². The molecule has 14 heavy (non-hydrogen) atoms. The minimum absolute atomic E-state index is 0.177. The van der Waals surface area contributed by atoms with E-state index in [1.807, 2.05) is 0 Å². The maximum atomic E-state index is 11.2. The van der Waals surface area contributed by atoms with E-state index in [0.717, 1.165) is 19.4 Å². The molecule has 3 N–H and O–H groups in total. The quantitative estimate of drug-likeness (QED) is 0.424. The molecular formula is C9H16N4O. The fourth-order valence-corrected chi connectivity index (χ4v) is 1.12. The Hall–Kier alpha value is -1.52. The number of nitrogens with zero attached hydrogens (tertiary/aromatic N) is 2. The van der Waals surface area contributed by atoms with Crippen molar-refractivity contribution in [1.29, 1.82) is 0 Å². The highest BCUT2D eigenvalue weighted by Crippen LogP contribution is 2.05. The number of anilines is 2. The number of nitrogens with one attached hydrogen (secondary N) is 1. The van der Waals surface area contributed by atoms with Gasteiger partial charge in [0.15, 0.2) is 0 Å². The molecule has 0 aliphatic rings. The van der Waals surface area contributed by atoms with Gasteiger partial charge in [0.1, 0.15) is 0 Å². The van der Waals surface area contributed by atoms with Crippen LogP contribution in [0.15, 0.2) is 6.07 Å². The molecule has 0 bridgehead atoms. The first-order valence-electron chi connectivity index (χ1n) is 4.75. The van der Waals surface area contributed by atoms with Crippen LogP contribution in [0, 0.1) is 12.1 Å². The Morgan fingerprint density at radius 3 is 2.93 bits per heavy atom. The lowest BCUT2D eigenvalue weighted by Crippen LogP contribution is -2.35. The van der Waals surface area contributed by atoms with Crippen LogP contribution in [0.5, 0.6) is 0 Å². The predicted octanol–water partition coefficient (Wildman–Crippen LogP) is 0.818. The predicted molar refractivity (Wildman–Crippen MR) is 55.7 cm³/mol. The summed E-state index contributed by atoms with van der Waals surface area (Å²) >= 11 is 0. The first-order valence-corrected chi connectivity index (χ1v) is 4.75. The second-order valence-electron chi connectivity index (χ2n) is 3.19. The van der Waals surface area contributed by atoms with Gasteiger partial charge in [0.2, 0.25) is 17.5 Å². The van der Waals surface area contributed by atoms with Gasteiger partial charge < -0.3 is 16.3 Å². The van der Waals surface area contributed by atoms with Gasteiger partial charge in [0.05, 0.1) is 6.07 Å². The maximum absolute atomic E-state index is 11.2. The number of nitrogens with two attached hydrogens (primary N) is 1. The Morgan fingerprint density at radius 2 is 2.36 bits per heavy atom. The highest BCUT2D eigenvalue weighted by molar-refractivity contribution is 5.41. The van der Waals surface area contributed by atoms with Gasteiger partial charge in [0.25, 0.3) is 0 Å². The van der Waals surface area contributed by atoms with E-state index in [1.165, 1.54) is 0 Å². The van der Waals surface area contributed by atoms with Crippen molar-refractivity contribution >= 4 is 11.6 Å². The van der Waals surface area contributed by atoms with Crippen LogP contribution >= 0.6 is 0 Å². The van der Waals surface area contributed by atoms with Crippen LogP contribution in [0.3, 0.4) is 0 Å². The molecule has 0 amide bonds. The maximum Gasteiger partial charge on any atom is 0.238 e. The molecule has 1 rings (SSSR count). The lowest BCUT2D eigenvalue weighted by molar-refractivity contribution is -0.600. The van der Waals surface area contributed by atoms with Crippen molar-refractivity contribution in [3.05, 3.63) is 17.1 Å². The van der Waals surface area contributed by atoms with E-state index in [4.69, 9.17) is 5.73 Å². The summed E-state index contributed by atoms with van der Waals surface area (Å²) in [4.78, 5) is 4.06. The van der Waals surface area contributed by atoms with Crippen molar-refractivity contribution in [3.63, 3.8) is 0 Å². The minimum atomic E-state index is 0.177. The molecule has 0 atom stereocenters. The monoisotopic (exact) mass is 196 g/mol. The number of aromatic nitrogens is 2. The van der Waals surface area contributed by atoms with Crippen molar-refractivity contribution < 1.29 is 4.73 Å². The molecule has 1 aromatic heterocycles. The Balaban J connectivity index is 2.69. The van der Waals surface area contributed by atoms with E-state index in [9.17, 15) is 5.21 Å². The SMILES string of the molecule is CCCCNc1cc(N)[n+]([O-])c(C)n1. The lowest BCUT2D eigenvalue weighted by Gasteiger charge is -2.10. The standard InChI is InChI=1S/C9H16N4O/c1-3-4-5-11-9-6-8(10)13(14)7(2)12-9/h6H,3-5,10H2,1-2H3,(H,11,12). The molecule has 78 valence electrons. The summed E-state index contributed by atoms with van der Waals surface area (Å²) in [6, 6.07) is 1.55. The molecule has 0 aromatic carbocycles. The molecule has 5 heteroatoms. The molecule has 1 aromatic rings. The third kappa shape index (κ3) is 2.48. The van der Waals surface area contributed by atoms with E-state index in [1.54, 1.807) is 13.0 Å². The Labute approximate surface area is 83.5 Å². The highest BCUT2D eigenvalue weighted by atomic mass is 16.5. The first-order chi connectivity index (χ1) is 6.65. The van der Waals surface area contributed by atoms with Crippen molar-refractivity contribution in [2.75, 3.05) is 17.6 Å². The third-order valence-electron chi connectivity index (χ3n) is 1.93. The number of nitrogen functional groups attached to an aromatic ring is 1. The zero-order valence-electron chi connectivity index (χ0n) is 8.58. The van der Waals surface area contributed by atoms with Gasteiger partial charge in [-0.2, -0.15) is 0 Å². The molecule has 1 heterocycles. The summed E-state index contributed by atoms with van der Waals surface area (Å²) < 4.78 is 0.616. The summed E-state index contributed by atoms with van der Waals surface area (Å²) in [7, 11) is 0. The van der Waals surface area contributed by atoms with Gasteiger partial charge in [-0.15, -0.1) is 0 Å². The molecular weight excluding hydrogens is 180 g/mol. The van der Waals surface area contributed by atoms with Gasteiger partial charge >= 0.3 is 0 Å². The normalized spacial score (nSPS) is 10.1. The Morgan fingerprint density at radius 1 is 1.64 bits per heavy atom. The number of hydrogen-bond acceptors (Lipinski definition) is 4. The fraction of sp³-hybridized carbons (Fsp3) is 0.556. The average Bonchev–Trinajstić information content (AvgIpc) is 2.14. The molecule has 0 unspecified atom stereocenters. The van der Waals surface area contributed by atoms with Gasteiger partial charge in [-0.25, -0.2) is 4.73 Å². The summed E-state index contributed by atoms with van der Waals surface area (Å²) in [6.07, 6.45) is 2.20. The van der Waals surface area contributed by atoms with Crippen LogP contribution in [0.4, 0.5) is 11.6 Å². The zero-order valence-corrected chi connectivity index (χ0v) is 8.58. The number of hydrogen-bond donors (Lipinski definition) is 2. The Bertz CT molecular complexity index is 291. The van der Waals surface area contributed by atoms with Crippen LogP contribution in [0.25, 0.3) is 0 Å². The molecule has 0 fully saturated rings. The fourth-order valence-electron chi connectivity index (χ4n) is 1.12. The molecule has 0 spiro atoms. The van der Waals surface area contributed by atoms with Gasteiger partial charge in [0, 0.05) is 13.5 Å². The van der Waals surface area contributed by atoms with E-state index >= 15 is 0 Å². The Kier molecular flexibility index (Phi) is 3.50. The van der Waals surface area contributed by atoms with Crippen LogP contribution < -0.4 is 15.8 Å². The third-order valence-corrected chi connectivity index (χ3v) is 1.93. The lowest BCUT2D eigenvalue weighted by atomic mass is 10.3. The van der Waals surface area contributed by atoms with Gasteiger partial charge in [-0.05, 0) is 6.42 Å². The largest absolute Gasteiger partial charge is 0.740 e. The number of rotatable bonds is 4. The summed E-state index contributed by atoms with van der Waals surface area (Å²) in [5.74, 6) is 1.21. The molecule has 0 radical (unpaired) electrons. The molecule has 0 aliphatic carbocycles. The molecule has 0 saturated carbocycles. The molecule has 0 saturated heterocycles. The zero-order chi connectivity index (χ0) is 10.6. The average molecular weight is 196 g/mol. The van der Waals surface area contributed by atoms with Gasteiger partial charge in [-0.3, -0.25) is 0 Å². The van der Waals surface area contributed by atoms with Crippen LogP contribution in [-0.4, -0.2) is 11.5 Å². The van der Waals surface area contributed by atoms with E-state index < -0.39 is 0 Å². The second-order valence-corrected chi connectivity index (χ2v) is 3.19. The smallest absolute Gasteiger partial charge is 0.238 e. The minimum Gasteiger partial charge on any atom is -0.740 e. The summed E-state index contributed by atoms with van der Waals surface area (Å²) in [6.45, 7) is 4.60.